The van der Waals surface area contributed by atoms with Gasteiger partial charge >= 0.3 is 6.09 Å². The molecule has 2 amide bonds. The molecule has 2 rings (SSSR count). The average molecular weight is 351 g/mol. The molecule has 0 radical (unpaired) electrons. The minimum Gasteiger partial charge on any atom is -0.450 e. The third-order valence-electron chi connectivity index (χ3n) is 4.20. The summed E-state index contributed by atoms with van der Waals surface area (Å²) in [6.07, 6.45) is 1.13. The summed E-state index contributed by atoms with van der Waals surface area (Å²) in [6, 6.07) is 6.62. The molecule has 6 nitrogen and oxygen atoms in total. The van der Waals surface area contributed by atoms with Crippen LogP contribution in [0.4, 0.5) is 9.18 Å². The Hall–Kier alpha value is -2.15. The predicted octanol–water partition coefficient (Wildman–Crippen LogP) is 1.99. The molecule has 0 spiro atoms. The first-order valence-electron chi connectivity index (χ1n) is 8.62. The Morgan fingerprint density at radius 1 is 1.32 bits per heavy atom. The highest BCUT2D eigenvalue weighted by Crippen LogP contribution is 2.12. The molecule has 1 aliphatic heterocycles. The summed E-state index contributed by atoms with van der Waals surface area (Å²) in [5.41, 5.74) is 0.570. The normalized spacial score (nSPS) is 15.3. The van der Waals surface area contributed by atoms with Crippen LogP contribution in [0.15, 0.2) is 24.3 Å². The van der Waals surface area contributed by atoms with E-state index in [-0.39, 0.29) is 30.4 Å². The lowest BCUT2D eigenvalue weighted by Crippen LogP contribution is -2.48. The largest absolute Gasteiger partial charge is 0.450 e. The van der Waals surface area contributed by atoms with Crippen LogP contribution in [0.25, 0.3) is 0 Å². The van der Waals surface area contributed by atoms with Gasteiger partial charge in [-0.3, -0.25) is 9.69 Å². The number of amides is 2. The van der Waals surface area contributed by atoms with Crippen LogP contribution in [-0.2, 0) is 16.1 Å². The molecule has 1 N–H and O–H groups in total. The van der Waals surface area contributed by atoms with E-state index in [9.17, 15) is 14.0 Å². The summed E-state index contributed by atoms with van der Waals surface area (Å²) < 4.78 is 18.6. The number of nitrogens with one attached hydrogen (secondary N) is 1. The third kappa shape index (κ3) is 6.01. The van der Waals surface area contributed by atoms with E-state index < -0.39 is 0 Å². The fourth-order valence-electron chi connectivity index (χ4n) is 2.91. The maximum atomic E-state index is 13.6. The van der Waals surface area contributed by atoms with Gasteiger partial charge in [0.25, 0.3) is 0 Å². The predicted molar refractivity (Wildman–Crippen MR) is 92.5 cm³/mol. The van der Waals surface area contributed by atoms with E-state index in [0.29, 0.717) is 44.6 Å². The molecule has 7 heteroatoms. The first kappa shape index (κ1) is 19.2. The molecule has 0 saturated carbocycles. The van der Waals surface area contributed by atoms with Crippen LogP contribution in [0, 0.1) is 5.82 Å². The second-order valence-electron chi connectivity index (χ2n) is 6.29. The van der Waals surface area contributed by atoms with Crippen LogP contribution in [-0.4, -0.2) is 61.1 Å². The van der Waals surface area contributed by atoms with Gasteiger partial charge in [-0.1, -0.05) is 18.2 Å². The molecule has 0 atom stereocenters. The van der Waals surface area contributed by atoms with Crippen LogP contribution >= 0.6 is 0 Å². The van der Waals surface area contributed by atoms with E-state index >= 15 is 0 Å². The van der Waals surface area contributed by atoms with E-state index in [4.69, 9.17) is 4.74 Å². The molecule has 1 heterocycles. The molecule has 0 unspecified atom stereocenters. The Morgan fingerprint density at radius 3 is 2.64 bits per heavy atom. The van der Waals surface area contributed by atoms with Crippen LogP contribution in [0.1, 0.15) is 25.3 Å². The van der Waals surface area contributed by atoms with E-state index in [2.05, 4.69) is 5.32 Å². The van der Waals surface area contributed by atoms with Gasteiger partial charge in [0.2, 0.25) is 5.91 Å². The van der Waals surface area contributed by atoms with Crippen molar-refractivity contribution in [3.8, 4) is 0 Å². The Bertz CT molecular complexity index is 589. The molecule has 1 aromatic rings. The zero-order valence-corrected chi connectivity index (χ0v) is 14.8. The smallest absolute Gasteiger partial charge is 0.409 e. The van der Waals surface area contributed by atoms with Gasteiger partial charge in [-0.05, 0) is 32.9 Å². The molecule has 1 aliphatic rings. The highest BCUT2D eigenvalue weighted by Gasteiger charge is 2.24. The molecule has 0 aromatic heterocycles. The SMILES string of the molecule is CCOC(=O)N1CCC(NC(=O)CN(C)Cc2ccccc2F)CC1. The summed E-state index contributed by atoms with van der Waals surface area (Å²) in [5, 5.41) is 2.99. The molecule has 0 aliphatic carbocycles. The molecule has 138 valence electrons. The van der Waals surface area contributed by atoms with Crippen LogP contribution in [0.3, 0.4) is 0 Å². The minimum atomic E-state index is -0.295. The maximum absolute atomic E-state index is 13.6. The molecule has 25 heavy (non-hydrogen) atoms. The number of benzene rings is 1. The highest BCUT2D eigenvalue weighted by atomic mass is 19.1. The van der Waals surface area contributed by atoms with Gasteiger partial charge in [-0.2, -0.15) is 0 Å². The fraction of sp³-hybridized carbons (Fsp3) is 0.556. The summed E-state index contributed by atoms with van der Waals surface area (Å²) in [4.78, 5) is 27.3. The zero-order chi connectivity index (χ0) is 18.2. The standard InChI is InChI=1S/C18H26FN3O3/c1-3-25-18(24)22-10-8-15(9-11-22)20-17(23)13-21(2)12-14-6-4-5-7-16(14)19/h4-7,15H,3,8-13H2,1-2H3,(H,20,23). The van der Waals surface area contributed by atoms with Crippen LogP contribution in [0.2, 0.25) is 0 Å². The molecular weight excluding hydrogens is 325 g/mol. The highest BCUT2D eigenvalue weighted by molar-refractivity contribution is 5.78. The van der Waals surface area contributed by atoms with Crippen molar-refractivity contribution in [3.63, 3.8) is 0 Å². The lowest BCUT2D eigenvalue weighted by molar-refractivity contribution is -0.123. The number of likely N-dealkylation sites (N-methyl/N-ethyl adjacent to an activating group) is 1. The lowest BCUT2D eigenvalue weighted by Gasteiger charge is -2.32. The summed E-state index contributed by atoms with van der Waals surface area (Å²) in [5.74, 6) is -0.352. The van der Waals surface area contributed by atoms with Gasteiger partial charge in [0.15, 0.2) is 0 Å². The Labute approximate surface area is 147 Å². The Kier molecular flexibility index (Phi) is 7.18. The number of likely N-dealkylation sites (tertiary alicyclic amines) is 1. The van der Waals surface area contributed by atoms with Crippen molar-refractivity contribution in [3.05, 3.63) is 35.6 Å². The monoisotopic (exact) mass is 351 g/mol. The summed E-state index contributed by atoms with van der Waals surface area (Å²) in [6.45, 7) is 3.88. The number of ether oxygens (including phenoxy) is 1. The first-order chi connectivity index (χ1) is 12.0. The van der Waals surface area contributed by atoms with Gasteiger partial charge in [0, 0.05) is 31.2 Å². The third-order valence-corrected chi connectivity index (χ3v) is 4.20. The van der Waals surface area contributed by atoms with Crippen molar-refractivity contribution in [2.75, 3.05) is 33.3 Å². The van der Waals surface area contributed by atoms with Crippen molar-refractivity contribution < 1.29 is 18.7 Å². The Morgan fingerprint density at radius 2 is 2.00 bits per heavy atom. The number of hydrogen-bond donors (Lipinski definition) is 1. The number of nitrogens with zero attached hydrogens (tertiary/aromatic N) is 2. The Balaban J connectivity index is 1.72. The second kappa shape index (κ2) is 9.36. The fourth-order valence-corrected chi connectivity index (χ4v) is 2.91. The number of rotatable bonds is 6. The lowest BCUT2D eigenvalue weighted by atomic mass is 10.1. The van der Waals surface area contributed by atoms with Crippen molar-refractivity contribution in [2.45, 2.75) is 32.4 Å². The number of halogens is 1. The summed E-state index contributed by atoms with van der Waals surface area (Å²) in [7, 11) is 1.79. The number of hydrogen-bond acceptors (Lipinski definition) is 4. The van der Waals surface area contributed by atoms with Gasteiger partial charge in [0.05, 0.1) is 13.2 Å². The van der Waals surface area contributed by atoms with Gasteiger partial charge in [-0.25, -0.2) is 9.18 Å². The van der Waals surface area contributed by atoms with Crippen molar-refractivity contribution in [1.82, 2.24) is 15.1 Å². The van der Waals surface area contributed by atoms with Crippen LogP contribution in [0.5, 0.6) is 0 Å². The minimum absolute atomic E-state index is 0.0556. The number of carbonyl (C=O) groups excluding carboxylic acids is 2. The van der Waals surface area contributed by atoms with Crippen molar-refractivity contribution >= 4 is 12.0 Å². The summed E-state index contributed by atoms with van der Waals surface area (Å²) >= 11 is 0. The van der Waals surface area contributed by atoms with Gasteiger partial charge < -0.3 is 15.0 Å². The van der Waals surface area contributed by atoms with E-state index in [1.807, 2.05) is 0 Å². The maximum Gasteiger partial charge on any atom is 0.409 e. The van der Waals surface area contributed by atoms with E-state index in [1.54, 1.807) is 42.0 Å². The molecule has 1 aromatic carbocycles. The molecule has 0 bridgehead atoms. The molecule has 1 saturated heterocycles. The van der Waals surface area contributed by atoms with Gasteiger partial charge in [-0.15, -0.1) is 0 Å². The van der Waals surface area contributed by atoms with Gasteiger partial charge in [0.1, 0.15) is 5.82 Å². The van der Waals surface area contributed by atoms with Crippen molar-refractivity contribution in [1.29, 1.82) is 0 Å². The van der Waals surface area contributed by atoms with Crippen LogP contribution < -0.4 is 5.32 Å². The zero-order valence-electron chi connectivity index (χ0n) is 14.8. The average Bonchev–Trinajstić information content (AvgIpc) is 2.57. The molecule has 1 fully saturated rings. The first-order valence-corrected chi connectivity index (χ1v) is 8.62. The quantitative estimate of drug-likeness (QED) is 0.851. The van der Waals surface area contributed by atoms with Crippen molar-refractivity contribution in [2.24, 2.45) is 0 Å². The molecular formula is C18H26FN3O3. The number of piperidine rings is 1. The van der Waals surface area contributed by atoms with E-state index in [0.717, 1.165) is 0 Å². The van der Waals surface area contributed by atoms with E-state index in [1.165, 1.54) is 6.07 Å². The topological polar surface area (TPSA) is 61.9 Å². The second-order valence-corrected chi connectivity index (χ2v) is 6.29. The number of carbonyl (C=O) groups is 2.